The van der Waals surface area contributed by atoms with E-state index in [2.05, 4.69) is 5.32 Å². The molecule has 0 aliphatic carbocycles. The van der Waals surface area contributed by atoms with Crippen LogP contribution in [0.5, 0.6) is 11.5 Å². The molecule has 1 fully saturated rings. The third-order valence-corrected chi connectivity index (χ3v) is 7.37. The molecule has 2 aromatic rings. The number of amides is 1. The number of aryl methyl sites for hydroxylation is 1. The number of carbonyl (C=O) groups excluding carboxylic acids is 1. The third kappa shape index (κ3) is 5.79. The highest BCUT2D eigenvalue weighted by Crippen LogP contribution is 2.30. The second-order valence-electron chi connectivity index (χ2n) is 7.56. The van der Waals surface area contributed by atoms with Gasteiger partial charge in [0.2, 0.25) is 15.9 Å². The van der Waals surface area contributed by atoms with E-state index in [1.165, 1.54) is 4.31 Å². The van der Waals surface area contributed by atoms with Crippen molar-refractivity contribution >= 4 is 15.9 Å². The minimum Gasteiger partial charge on any atom is -0.493 e. The molecule has 1 heterocycles. The molecule has 3 rings (SSSR count). The second kappa shape index (κ2) is 10.8. The Morgan fingerprint density at radius 1 is 1.06 bits per heavy atom. The zero-order valence-electron chi connectivity index (χ0n) is 18.7. The first-order valence-corrected chi connectivity index (χ1v) is 12.0. The molecular formula is C23H30N2O6S. The number of methoxy groups -OCH3 is 2. The molecular weight excluding hydrogens is 432 g/mol. The maximum atomic E-state index is 12.7. The monoisotopic (exact) mass is 462 g/mol. The summed E-state index contributed by atoms with van der Waals surface area (Å²) in [6.45, 7) is 3.46. The van der Waals surface area contributed by atoms with Gasteiger partial charge in [0, 0.05) is 19.5 Å². The first kappa shape index (κ1) is 24.0. The minimum atomic E-state index is -3.51. The quantitative estimate of drug-likeness (QED) is 0.616. The van der Waals surface area contributed by atoms with Gasteiger partial charge >= 0.3 is 0 Å². The van der Waals surface area contributed by atoms with E-state index in [4.69, 9.17) is 14.2 Å². The van der Waals surface area contributed by atoms with Crippen LogP contribution in [0, 0.1) is 0 Å². The second-order valence-corrected chi connectivity index (χ2v) is 9.50. The molecule has 1 amide bonds. The molecule has 0 spiro atoms. The zero-order chi connectivity index (χ0) is 23.1. The molecule has 32 heavy (non-hydrogen) atoms. The lowest BCUT2D eigenvalue weighted by Gasteiger charge is -2.26. The lowest BCUT2D eigenvalue weighted by molar-refractivity contribution is -0.121. The summed E-state index contributed by atoms with van der Waals surface area (Å²) in [5.74, 6) is 1.16. The summed E-state index contributed by atoms with van der Waals surface area (Å²) in [5, 5.41) is 2.98. The van der Waals surface area contributed by atoms with E-state index in [0.717, 1.165) is 11.1 Å². The van der Waals surface area contributed by atoms with Crippen molar-refractivity contribution in [3.8, 4) is 11.5 Å². The maximum Gasteiger partial charge on any atom is 0.243 e. The molecule has 8 nitrogen and oxygen atoms in total. The van der Waals surface area contributed by atoms with Crippen molar-refractivity contribution in [2.45, 2.75) is 30.7 Å². The molecule has 0 unspecified atom stereocenters. The maximum absolute atomic E-state index is 12.7. The number of hydrogen-bond acceptors (Lipinski definition) is 6. The van der Waals surface area contributed by atoms with Gasteiger partial charge in [0.05, 0.1) is 38.4 Å². The van der Waals surface area contributed by atoms with Gasteiger partial charge in [0.1, 0.15) is 0 Å². The number of nitrogens with one attached hydrogen (secondary N) is 1. The lowest BCUT2D eigenvalue weighted by atomic mass is 10.1. The van der Waals surface area contributed by atoms with Crippen LogP contribution in [0.3, 0.4) is 0 Å². The van der Waals surface area contributed by atoms with Crippen molar-refractivity contribution in [3.05, 3.63) is 53.6 Å². The van der Waals surface area contributed by atoms with E-state index in [9.17, 15) is 13.2 Å². The third-order valence-electron chi connectivity index (χ3n) is 5.46. The summed E-state index contributed by atoms with van der Waals surface area (Å²) >= 11 is 0. The zero-order valence-corrected chi connectivity index (χ0v) is 19.5. The van der Waals surface area contributed by atoms with Gasteiger partial charge in [0.25, 0.3) is 0 Å². The minimum absolute atomic E-state index is 0.0858. The average molecular weight is 463 g/mol. The lowest BCUT2D eigenvalue weighted by Crippen LogP contribution is -2.40. The van der Waals surface area contributed by atoms with E-state index in [0.29, 0.717) is 50.6 Å². The van der Waals surface area contributed by atoms with E-state index in [1.54, 1.807) is 38.5 Å². The van der Waals surface area contributed by atoms with Crippen LogP contribution in [-0.4, -0.2) is 59.2 Å². The van der Waals surface area contributed by atoms with Gasteiger partial charge in [0.15, 0.2) is 11.5 Å². The molecule has 0 bridgehead atoms. The van der Waals surface area contributed by atoms with Crippen molar-refractivity contribution in [1.29, 1.82) is 0 Å². The number of ether oxygens (including phenoxy) is 3. The highest BCUT2D eigenvalue weighted by molar-refractivity contribution is 7.89. The standard InChI is InChI=1S/C23H30N2O6S/c1-17(19-7-10-21(29-2)22(16-19)30-3)24-23(26)11-6-18-4-8-20(9-5-18)32(27,28)25-12-14-31-15-13-25/h4-5,7-10,16-17H,6,11-15H2,1-3H3,(H,24,26)/t17-/m0/s1. The van der Waals surface area contributed by atoms with Crippen molar-refractivity contribution in [2.75, 3.05) is 40.5 Å². The Hall–Kier alpha value is -2.62. The van der Waals surface area contributed by atoms with Crippen molar-refractivity contribution in [2.24, 2.45) is 0 Å². The summed E-state index contributed by atoms with van der Waals surface area (Å²) in [6.07, 6.45) is 0.815. The van der Waals surface area contributed by atoms with Crippen LogP contribution in [0.1, 0.15) is 30.5 Å². The van der Waals surface area contributed by atoms with Gasteiger partial charge in [-0.25, -0.2) is 8.42 Å². The molecule has 1 aliphatic heterocycles. The Morgan fingerprint density at radius 3 is 2.34 bits per heavy atom. The molecule has 9 heteroatoms. The Labute approximate surface area is 189 Å². The Bertz CT molecular complexity index is 1020. The predicted octanol–water partition coefficient (Wildman–Crippen LogP) is 2.53. The van der Waals surface area contributed by atoms with Crippen LogP contribution >= 0.6 is 0 Å². The van der Waals surface area contributed by atoms with Gasteiger partial charge in [-0.3, -0.25) is 4.79 Å². The topological polar surface area (TPSA) is 94.2 Å². The van der Waals surface area contributed by atoms with E-state index in [-0.39, 0.29) is 16.8 Å². The Morgan fingerprint density at radius 2 is 1.72 bits per heavy atom. The number of benzene rings is 2. The Kier molecular flexibility index (Phi) is 8.11. The van der Waals surface area contributed by atoms with Gasteiger partial charge in [-0.1, -0.05) is 18.2 Å². The molecule has 1 aliphatic rings. The molecule has 2 aromatic carbocycles. The van der Waals surface area contributed by atoms with Crippen LogP contribution in [0.25, 0.3) is 0 Å². The fraction of sp³-hybridized carbons (Fsp3) is 0.435. The fourth-order valence-corrected chi connectivity index (χ4v) is 4.95. The van der Waals surface area contributed by atoms with E-state index in [1.807, 2.05) is 25.1 Å². The smallest absolute Gasteiger partial charge is 0.243 e. The number of hydrogen-bond donors (Lipinski definition) is 1. The number of rotatable bonds is 9. The largest absolute Gasteiger partial charge is 0.493 e. The highest BCUT2D eigenvalue weighted by atomic mass is 32.2. The first-order chi connectivity index (χ1) is 15.3. The van der Waals surface area contributed by atoms with Crippen LogP contribution in [0.4, 0.5) is 0 Å². The summed E-state index contributed by atoms with van der Waals surface area (Å²) < 4.78 is 42.6. The summed E-state index contributed by atoms with van der Waals surface area (Å²) in [6, 6.07) is 12.1. The predicted molar refractivity (Wildman–Crippen MR) is 120 cm³/mol. The Balaban J connectivity index is 1.54. The van der Waals surface area contributed by atoms with Crippen LogP contribution in [-0.2, 0) is 26.0 Å². The van der Waals surface area contributed by atoms with E-state index < -0.39 is 10.0 Å². The highest BCUT2D eigenvalue weighted by Gasteiger charge is 2.26. The molecule has 174 valence electrons. The van der Waals surface area contributed by atoms with Crippen LogP contribution in [0.15, 0.2) is 47.4 Å². The molecule has 1 atom stereocenters. The van der Waals surface area contributed by atoms with Gasteiger partial charge in [-0.05, 0) is 48.7 Å². The summed E-state index contributed by atoms with van der Waals surface area (Å²) in [4.78, 5) is 12.7. The molecule has 0 radical (unpaired) electrons. The van der Waals surface area contributed by atoms with Crippen LogP contribution in [0.2, 0.25) is 0 Å². The first-order valence-electron chi connectivity index (χ1n) is 10.5. The SMILES string of the molecule is COc1ccc([C@H](C)NC(=O)CCc2ccc(S(=O)(=O)N3CCOCC3)cc2)cc1OC. The van der Waals surface area contributed by atoms with Crippen molar-refractivity contribution in [1.82, 2.24) is 9.62 Å². The average Bonchev–Trinajstić information content (AvgIpc) is 2.83. The number of morpholine rings is 1. The van der Waals surface area contributed by atoms with E-state index >= 15 is 0 Å². The fourth-order valence-electron chi connectivity index (χ4n) is 3.54. The molecule has 1 N–H and O–H groups in total. The molecule has 1 saturated heterocycles. The van der Waals surface area contributed by atoms with Gasteiger partial charge in [-0.15, -0.1) is 0 Å². The molecule has 0 aromatic heterocycles. The summed E-state index contributed by atoms with van der Waals surface area (Å²) in [7, 11) is -0.364. The van der Waals surface area contributed by atoms with Crippen LogP contribution < -0.4 is 14.8 Å². The summed E-state index contributed by atoms with van der Waals surface area (Å²) in [5.41, 5.74) is 1.81. The number of nitrogens with zero attached hydrogens (tertiary/aromatic N) is 1. The van der Waals surface area contributed by atoms with Crippen molar-refractivity contribution in [3.63, 3.8) is 0 Å². The van der Waals surface area contributed by atoms with Crippen molar-refractivity contribution < 1.29 is 27.4 Å². The normalized spacial score (nSPS) is 15.7. The van der Waals surface area contributed by atoms with Gasteiger partial charge in [-0.2, -0.15) is 4.31 Å². The number of carbonyl (C=O) groups is 1. The van der Waals surface area contributed by atoms with Gasteiger partial charge < -0.3 is 19.5 Å². The number of sulfonamides is 1. The molecule has 0 saturated carbocycles.